The van der Waals surface area contributed by atoms with Gasteiger partial charge in [-0.2, -0.15) is 5.10 Å². The van der Waals surface area contributed by atoms with Gasteiger partial charge in [0.1, 0.15) is 0 Å². The molecule has 0 unspecified atom stereocenters. The van der Waals surface area contributed by atoms with Gasteiger partial charge in [0.15, 0.2) is 0 Å². The fraction of sp³-hybridized carbons (Fsp3) is 0.471. The molecule has 0 atom stereocenters. The number of hydrogen-bond donors (Lipinski definition) is 1. The second-order valence-corrected chi connectivity index (χ2v) is 5.36. The highest BCUT2D eigenvalue weighted by atomic mass is 15.1. The smallest absolute Gasteiger partial charge is 0.0625 e. The van der Waals surface area contributed by atoms with Gasteiger partial charge in [-0.1, -0.05) is 56.0 Å². The summed E-state index contributed by atoms with van der Waals surface area (Å²) in [6, 6.07) is 10.9. The van der Waals surface area contributed by atoms with E-state index in [1.54, 1.807) is 0 Å². The van der Waals surface area contributed by atoms with E-state index in [9.17, 15) is 0 Å². The SMILES string of the molecule is CCCCCCc1cc(Cc2ccc(C)cc2)[nH]n1. The molecule has 2 heteroatoms. The van der Waals surface area contributed by atoms with Crippen LogP contribution in [0.15, 0.2) is 30.3 Å². The molecule has 1 aromatic carbocycles. The molecule has 0 saturated heterocycles. The Morgan fingerprint density at radius 3 is 2.58 bits per heavy atom. The predicted octanol–water partition coefficient (Wildman–Crippen LogP) is 4.43. The zero-order valence-electron chi connectivity index (χ0n) is 12.1. The lowest BCUT2D eigenvalue weighted by Crippen LogP contribution is -1.88. The average molecular weight is 256 g/mol. The van der Waals surface area contributed by atoms with Gasteiger partial charge in [0.25, 0.3) is 0 Å². The van der Waals surface area contributed by atoms with E-state index < -0.39 is 0 Å². The van der Waals surface area contributed by atoms with E-state index in [1.165, 1.54) is 48.2 Å². The molecular formula is C17H24N2. The Morgan fingerprint density at radius 1 is 1.05 bits per heavy atom. The van der Waals surface area contributed by atoms with Gasteiger partial charge >= 0.3 is 0 Å². The van der Waals surface area contributed by atoms with E-state index in [0.29, 0.717) is 0 Å². The molecule has 0 spiro atoms. The van der Waals surface area contributed by atoms with Gasteiger partial charge in [0, 0.05) is 12.1 Å². The van der Waals surface area contributed by atoms with Crippen molar-refractivity contribution >= 4 is 0 Å². The molecule has 0 aliphatic carbocycles. The maximum absolute atomic E-state index is 4.40. The van der Waals surface area contributed by atoms with Crippen LogP contribution in [0.25, 0.3) is 0 Å². The van der Waals surface area contributed by atoms with E-state index >= 15 is 0 Å². The number of unbranched alkanes of at least 4 members (excludes halogenated alkanes) is 3. The lowest BCUT2D eigenvalue weighted by Gasteiger charge is -1.99. The highest BCUT2D eigenvalue weighted by Gasteiger charge is 2.02. The van der Waals surface area contributed by atoms with Crippen molar-refractivity contribution in [3.05, 3.63) is 52.8 Å². The molecule has 0 aliphatic rings. The summed E-state index contributed by atoms with van der Waals surface area (Å²) < 4.78 is 0. The molecule has 102 valence electrons. The number of aromatic amines is 1. The molecule has 0 radical (unpaired) electrons. The van der Waals surface area contributed by atoms with E-state index in [-0.39, 0.29) is 0 Å². The van der Waals surface area contributed by atoms with Gasteiger partial charge in [-0.3, -0.25) is 5.10 Å². The number of nitrogens with zero attached hydrogens (tertiary/aromatic N) is 1. The van der Waals surface area contributed by atoms with Gasteiger partial charge < -0.3 is 0 Å². The molecule has 1 N–H and O–H groups in total. The maximum atomic E-state index is 4.40. The summed E-state index contributed by atoms with van der Waals surface area (Å²) in [4.78, 5) is 0. The second-order valence-electron chi connectivity index (χ2n) is 5.36. The highest BCUT2D eigenvalue weighted by Crippen LogP contribution is 2.11. The molecule has 19 heavy (non-hydrogen) atoms. The third-order valence-electron chi connectivity index (χ3n) is 3.49. The third-order valence-corrected chi connectivity index (χ3v) is 3.49. The van der Waals surface area contributed by atoms with Crippen molar-refractivity contribution in [3.8, 4) is 0 Å². The van der Waals surface area contributed by atoms with E-state index in [0.717, 1.165) is 12.8 Å². The lowest BCUT2D eigenvalue weighted by atomic mass is 10.1. The van der Waals surface area contributed by atoms with Crippen molar-refractivity contribution in [2.24, 2.45) is 0 Å². The van der Waals surface area contributed by atoms with Crippen LogP contribution >= 0.6 is 0 Å². The van der Waals surface area contributed by atoms with Crippen LogP contribution in [0.2, 0.25) is 0 Å². The van der Waals surface area contributed by atoms with Crippen LogP contribution in [0, 0.1) is 6.92 Å². The van der Waals surface area contributed by atoms with Crippen LogP contribution in [0.5, 0.6) is 0 Å². The molecule has 1 aromatic heterocycles. The number of hydrogen-bond acceptors (Lipinski definition) is 1. The first kappa shape index (κ1) is 13.9. The third kappa shape index (κ3) is 4.55. The van der Waals surface area contributed by atoms with E-state index in [4.69, 9.17) is 0 Å². The largest absolute Gasteiger partial charge is 0.282 e. The minimum atomic E-state index is 0.947. The van der Waals surface area contributed by atoms with Gasteiger partial charge in [-0.25, -0.2) is 0 Å². The summed E-state index contributed by atoms with van der Waals surface area (Å²) in [6.07, 6.45) is 7.24. The number of nitrogens with one attached hydrogen (secondary N) is 1. The van der Waals surface area contributed by atoms with Crippen LogP contribution in [0.3, 0.4) is 0 Å². The first-order valence-electron chi connectivity index (χ1n) is 7.36. The molecule has 0 fully saturated rings. The molecule has 2 rings (SSSR count). The number of H-pyrrole nitrogens is 1. The van der Waals surface area contributed by atoms with Gasteiger partial charge in [0.05, 0.1) is 5.69 Å². The van der Waals surface area contributed by atoms with Gasteiger partial charge in [-0.05, 0) is 31.4 Å². The Kier molecular flexibility index (Phi) is 5.20. The highest BCUT2D eigenvalue weighted by molar-refractivity contribution is 5.25. The fourth-order valence-corrected chi connectivity index (χ4v) is 2.29. The first-order valence-corrected chi connectivity index (χ1v) is 7.36. The summed E-state index contributed by atoms with van der Waals surface area (Å²) in [7, 11) is 0. The molecule has 0 saturated carbocycles. The minimum Gasteiger partial charge on any atom is -0.282 e. The van der Waals surface area contributed by atoms with Crippen molar-refractivity contribution in [1.82, 2.24) is 10.2 Å². The Bertz CT molecular complexity index is 482. The first-order chi connectivity index (χ1) is 9.28. The normalized spacial score (nSPS) is 10.8. The van der Waals surface area contributed by atoms with Crippen LogP contribution < -0.4 is 0 Å². The monoisotopic (exact) mass is 256 g/mol. The number of aromatic nitrogens is 2. The second kappa shape index (κ2) is 7.13. The molecular weight excluding hydrogens is 232 g/mol. The Labute approximate surface area is 116 Å². The Balaban J connectivity index is 1.85. The molecule has 0 aliphatic heterocycles. The molecule has 2 nitrogen and oxygen atoms in total. The summed E-state index contributed by atoms with van der Waals surface area (Å²) in [6.45, 7) is 4.36. The summed E-state index contributed by atoms with van der Waals surface area (Å²) in [5, 5.41) is 7.56. The Hall–Kier alpha value is -1.57. The van der Waals surface area contributed by atoms with Crippen LogP contribution in [0.4, 0.5) is 0 Å². The maximum Gasteiger partial charge on any atom is 0.0625 e. The predicted molar refractivity (Wildman–Crippen MR) is 80.4 cm³/mol. The minimum absolute atomic E-state index is 0.947. The van der Waals surface area contributed by atoms with Crippen molar-refractivity contribution in [3.63, 3.8) is 0 Å². The summed E-state index contributed by atoms with van der Waals surface area (Å²) in [5.41, 5.74) is 5.07. The lowest BCUT2D eigenvalue weighted by molar-refractivity contribution is 0.659. The number of benzene rings is 1. The van der Waals surface area contributed by atoms with E-state index in [1.807, 2.05) is 0 Å². The Morgan fingerprint density at radius 2 is 1.84 bits per heavy atom. The molecule has 0 amide bonds. The van der Waals surface area contributed by atoms with Gasteiger partial charge in [0.2, 0.25) is 0 Å². The fourth-order valence-electron chi connectivity index (χ4n) is 2.29. The average Bonchev–Trinajstić information content (AvgIpc) is 2.85. The summed E-state index contributed by atoms with van der Waals surface area (Å²) >= 11 is 0. The molecule has 2 aromatic rings. The number of rotatable bonds is 7. The molecule has 1 heterocycles. The topological polar surface area (TPSA) is 28.7 Å². The van der Waals surface area contributed by atoms with Crippen LogP contribution in [0.1, 0.15) is 55.1 Å². The van der Waals surface area contributed by atoms with Gasteiger partial charge in [-0.15, -0.1) is 0 Å². The van der Waals surface area contributed by atoms with Crippen molar-refractivity contribution in [1.29, 1.82) is 0 Å². The van der Waals surface area contributed by atoms with Crippen molar-refractivity contribution in [2.45, 2.75) is 52.4 Å². The number of aryl methyl sites for hydroxylation is 2. The zero-order chi connectivity index (χ0) is 13.5. The van der Waals surface area contributed by atoms with Crippen molar-refractivity contribution in [2.75, 3.05) is 0 Å². The van der Waals surface area contributed by atoms with Crippen molar-refractivity contribution < 1.29 is 0 Å². The van der Waals surface area contributed by atoms with E-state index in [2.05, 4.69) is 54.4 Å². The standard InChI is InChI=1S/C17H24N2/c1-3-4-5-6-7-16-13-17(19-18-16)12-15-10-8-14(2)9-11-15/h8-11,13H,3-7,12H2,1-2H3,(H,18,19). The van der Waals surface area contributed by atoms with Crippen LogP contribution in [-0.4, -0.2) is 10.2 Å². The summed E-state index contributed by atoms with van der Waals surface area (Å²) in [5.74, 6) is 0. The zero-order valence-corrected chi connectivity index (χ0v) is 12.1. The quantitative estimate of drug-likeness (QED) is 0.729. The molecule has 0 bridgehead atoms. The van der Waals surface area contributed by atoms with Crippen LogP contribution in [-0.2, 0) is 12.8 Å².